The molecule has 0 aromatic heterocycles. The van der Waals surface area contributed by atoms with Crippen LogP contribution in [0.3, 0.4) is 0 Å². The summed E-state index contributed by atoms with van der Waals surface area (Å²) in [5.41, 5.74) is 0.808. The van der Waals surface area contributed by atoms with Gasteiger partial charge in [-0.2, -0.15) is 0 Å². The molecule has 1 aromatic carbocycles. The molecule has 0 bridgehead atoms. The molecule has 0 saturated carbocycles. The zero-order chi connectivity index (χ0) is 15.5. The molecule has 0 aliphatic carbocycles. The summed E-state index contributed by atoms with van der Waals surface area (Å²) in [6.07, 6.45) is 0.913. The summed E-state index contributed by atoms with van der Waals surface area (Å²) in [6, 6.07) is 10.4. The Kier molecular flexibility index (Phi) is 5.42. The van der Waals surface area contributed by atoms with E-state index in [4.69, 9.17) is 4.74 Å². The molecule has 3 nitrogen and oxygen atoms in total. The van der Waals surface area contributed by atoms with Gasteiger partial charge in [0.15, 0.2) is 0 Å². The summed E-state index contributed by atoms with van der Waals surface area (Å²) in [5, 5.41) is 10.7. The number of hydrogen-bond acceptors (Lipinski definition) is 3. The molecule has 118 valence electrons. The van der Waals surface area contributed by atoms with E-state index < -0.39 is 6.10 Å². The van der Waals surface area contributed by atoms with Crippen molar-refractivity contribution in [1.82, 2.24) is 4.90 Å². The molecule has 3 heteroatoms. The van der Waals surface area contributed by atoms with Crippen molar-refractivity contribution in [1.29, 1.82) is 0 Å². The summed E-state index contributed by atoms with van der Waals surface area (Å²) in [5.74, 6) is 0. The van der Waals surface area contributed by atoms with Crippen LogP contribution in [0.25, 0.3) is 0 Å². The van der Waals surface area contributed by atoms with Crippen molar-refractivity contribution in [3.63, 3.8) is 0 Å². The third-order valence-corrected chi connectivity index (χ3v) is 4.52. The molecule has 1 aromatic rings. The molecule has 1 heterocycles. The first kappa shape index (κ1) is 16.5. The third-order valence-electron chi connectivity index (χ3n) is 4.52. The van der Waals surface area contributed by atoms with Gasteiger partial charge in [-0.3, -0.25) is 4.90 Å². The number of ether oxygens (including phenoxy) is 1. The molecule has 1 aliphatic rings. The van der Waals surface area contributed by atoms with E-state index in [1.54, 1.807) is 0 Å². The minimum atomic E-state index is -0.450. The zero-order valence-electron chi connectivity index (χ0n) is 13.7. The molecule has 1 saturated heterocycles. The van der Waals surface area contributed by atoms with E-state index in [0.717, 1.165) is 31.7 Å². The van der Waals surface area contributed by atoms with Crippen LogP contribution in [0.2, 0.25) is 0 Å². The molecular formula is C18H29NO2. The first-order valence-electron chi connectivity index (χ1n) is 8.02. The van der Waals surface area contributed by atoms with Gasteiger partial charge in [0.1, 0.15) is 0 Å². The zero-order valence-corrected chi connectivity index (χ0v) is 13.7. The lowest BCUT2D eigenvalue weighted by molar-refractivity contribution is -0.0807. The summed E-state index contributed by atoms with van der Waals surface area (Å²) >= 11 is 0. The van der Waals surface area contributed by atoms with E-state index in [2.05, 4.69) is 32.6 Å². The molecule has 1 aliphatic heterocycles. The lowest BCUT2D eigenvalue weighted by atomic mass is 9.81. The van der Waals surface area contributed by atoms with Crippen LogP contribution in [0, 0.1) is 5.41 Å². The van der Waals surface area contributed by atoms with Crippen molar-refractivity contribution in [3.05, 3.63) is 35.9 Å². The Bertz CT molecular complexity index is 432. The highest BCUT2D eigenvalue weighted by Crippen LogP contribution is 2.35. The molecule has 1 N–H and O–H groups in total. The first-order chi connectivity index (χ1) is 9.94. The van der Waals surface area contributed by atoms with Crippen molar-refractivity contribution >= 4 is 0 Å². The van der Waals surface area contributed by atoms with Gasteiger partial charge in [-0.25, -0.2) is 0 Å². The number of hydrogen-bond donors (Lipinski definition) is 1. The van der Waals surface area contributed by atoms with Gasteiger partial charge >= 0.3 is 0 Å². The maximum absolute atomic E-state index is 10.7. The van der Waals surface area contributed by atoms with Crippen molar-refractivity contribution in [2.75, 3.05) is 19.7 Å². The molecule has 0 amide bonds. The van der Waals surface area contributed by atoms with Crippen LogP contribution in [0.4, 0.5) is 0 Å². The third kappa shape index (κ3) is 4.06. The van der Waals surface area contributed by atoms with E-state index in [1.807, 2.05) is 30.3 Å². The molecule has 3 atom stereocenters. The van der Waals surface area contributed by atoms with Crippen molar-refractivity contribution in [2.45, 2.75) is 52.4 Å². The summed E-state index contributed by atoms with van der Waals surface area (Å²) in [7, 11) is 0. The smallest absolute Gasteiger partial charge is 0.0853 e. The lowest BCUT2D eigenvalue weighted by Gasteiger charge is -2.43. The molecule has 2 rings (SSSR count). The monoisotopic (exact) mass is 291 g/mol. The SMILES string of the molecule is CCC1COC(C)CN1CC(C)(C)C(O)c1ccccc1. The quantitative estimate of drug-likeness (QED) is 0.904. The molecule has 0 radical (unpaired) electrons. The first-order valence-corrected chi connectivity index (χ1v) is 8.02. The molecule has 3 unspecified atom stereocenters. The number of aliphatic hydroxyl groups is 1. The van der Waals surface area contributed by atoms with Gasteiger partial charge in [0.25, 0.3) is 0 Å². The van der Waals surface area contributed by atoms with Gasteiger partial charge in [0, 0.05) is 24.5 Å². The molecule has 0 spiro atoms. The highest BCUT2D eigenvalue weighted by Gasteiger charge is 2.35. The molecule has 21 heavy (non-hydrogen) atoms. The van der Waals surface area contributed by atoms with E-state index in [-0.39, 0.29) is 11.5 Å². The van der Waals surface area contributed by atoms with Gasteiger partial charge < -0.3 is 9.84 Å². The fraction of sp³-hybridized carbons (Fsp3) is 0.667. The van der Waals surface area contributed by atoms with Crippen molar-refractivity contribution < 1.29 is 9.84 Å². The van der Waals surface area contributed by atoms with E-state index in [1.165, 1.54) is 0 Å². The van der Waals surface area contributed by atoms with Crippen LogP contribution >= 0.6 is 0 Å². The van der Waals surface area contributed by atoms with Crippen LogP contribution in [-0.4, -0.2) is 41.8 Å². The summed E-state index contributed by atoms with van der Waals surface area (Å²) in [6.45, 7) is 11.3. The fourth-order valence-electron chi connectivity index (χ4n) is 3.18. The van der Waals surface area contributed by atoms with Gasteiger partial charge in [-0.05, 0) is 18.9 Å². The van der Waals surface area contributed by atoms with E-state index in [0.29, 0.717) is 6.04 Å². The highest BCUT2D eigenvalue weighted by molar-refractivity contribution is 5.19. The summed E-state index contributed by atoms with van der Waals surface area (Å²) < 4.78 is 5.77. The normalized spacial score (nSPS) is 25.8. The highest BCUT2D eigenvalue weighted by atomic mass is 16.5. The van der Waals surface area contributed by atoms with Crippen LogP contribution in [-0.2, 0) is 4.74 Å². The predicted octanol–water partition coefficient (Wildman–Crippen LogP) is 3.25. The van der Waals surface area contributed by atoms with Gasteiger partial charge in [-0.15, -0.1) is 0 Å². The minimum absolute atomic E-state index is 0.189. The number of morpholine rings is 1. The standard InChI is InChI=1S/C18H29NO2/c1-5-16-12-21-14(2)11-19(16)13-18(3,4)17(20)15-9-7-6-8-10-15/h6-10,14,16-17,20H,5,11-13H2,1-4H3. The van der Waals surface area contributed by atoms with Gasteiger partial charge in [0.2, 0.25) is 0 Å². The number of nitrogens with zero attached hydrogens (tertiary/aromatic N) is 1. The Labute approximate surface area is 128 Å². The largest absolute Gasteiger partial charge is 0.388 e. The summed E-state index contributed by atoms with van der Waals surface area (Å²) in [4.78, 5) is 2.49. The average molecular weight is 291 g/mol. The van der Waals surface area contributed by atoms with Crippen LogP contribution < -0.4 is 0 Å². The Morgan fingerprint density at radius 3 is 2.62 bits per heavy atom. The van der Waals surface area contributed by atoms with E-state index in [9.17, 15) is 5.11 Å². The number of rotatable bonds is 5. The number of aliphatic hydroxyl groups excluding tert-OH is 1. The van der Waals surface area contributed by atoms with Crippen LogP contribution in [0.5, 0.6) is 0 Å². The fourth-order valence-corrected chi connectivity index (χ4v) is 3.18. The lowest BCUT2D eigenvalue weighted by Crippen LogP contribution is -2.52. The minimum Gasteiger partial charge on any atom is -0.388 e. The molecule has 1 fully saturated rings. The second-order valence-corrected chi connectivity index (χ2v) is 6.94. The number of benzene rings is 1. The van der Waals surface area contributed by atoms with Crippen LogP contribution in [0.1, 0.15) is 45.8 Å². The van der Waals surface area contributed by atoms with E-state index >= 15 is 0 Å². The Balaban J connectivity index is 2.08. The predicted molar refractivity (Wildman–Crippen MR) is 86.2 cm³/mol. The Morgan fingerprint density at radius 1 is 1.33 bits per heavy atom. The van der Waals surface area contributed by atoms with Crippen molar-refractivity contribution in [3.8, 4) is 0 Å². The van der Waals surface area contributed by atoms with Gasteiger partial charge in [0.05, 0.1) is 18.8 Å². The second-order valence-electron chi connectivity index (χ2n) is 6.94. The average Bonchev–Trinajstić information content (AvgIpc) is 2.47. The molecular weight excluding hydrogens is 262 g/mol. The Morgan fingerprint density at radius 2 is 2.00 bits per heavy atom. The van der Waals surface area contributed by atoms with Crippen LogP contribution in [0.15, 0.2) is 30.3 Å². The van der Waals surface area contributed by atoms with Gasteiger partial charge in [-0.1, -0.05) is 51.1 Å². The Hall–Kier alpha value is -0.900. The maximum Gasteiger partial charge on any atom is 0.0853 e. The van der Waals surface area contributed by atoms with Crippen molar-refractivity contribution in [2.24, 2.45) is 5.41 Å². The topological polar surface area (TPSA) is 32.7 Å². The second kappa shape index (κ2) is 6.91. The maximum atomic E-state index is 10.7.